The van der Waals surface area contributed by atoms with E-state index >= 15 is 0 Å². The van der Waals surface area contributed by atoms with Crippen LogP contribution in [0.4, 0.5) is 0 Å². The minimum absolute atomic E-state index is 0.128. The van der Waals surface area contributed by atoms with Gasteiger partial charge in [-0.15, -0.1) is 0 Å². The van der Waals surface area contributed by atoms with Gasteiger partial charge in [0.05, 0.1) is 17.6 Å². The number of aromatic nitrogens is 2. The number of nitrogens with zero attached hydrogens (tertiary/aromatic N) is 1. The minimum atomic E-state index is -0.695. The Balaban J connectivity index is 2.43. The lowest BCUT2D eigenvalue weighted by Crippen LogP contribution is -2.37. The van der Waals surface area contributed by atoms with Crippen LogP contribution in [-0.2, 0) is 11.3 Å². The molecule has 7 nitrogen and oxygen atoms in total. The molecule has 1 heterocycles. The van der Waals surface area contributed by atoms with Crippen molar-refractivity contribution in [2.45, 2.75) is 26.4 Å². The molecule has 1 atom stereocenters. The summed E-state index contributed by atoms with van der Waals surface area (Å²) in [4.78, 5) is 38.1. The fraction of sp³-hybridized carbons (Fsp3) is 0.400. The van der Waals surface area contributed by atoms with Crippen molar-refractivity contribution in [2.75, 3.05) is 13.7 Å². The largest absolute Gasteiger partial charge is 0.383 e. The van der Waals surface area contributed by atoms with Crippen LogP contribution >= 0.6 is 0 Å². The van der Waals surface area contributed by atoms with Crippen LogP contribution in [0.3, 0.4) is 0 Å². The first-order valence-electron chi connectivity index (χ1n) is 7.04. The van der Waals surface area contributed by atoms with E-state index in [1.54, 1.807) is 32.2 Å². The van der Waals surface area contributed by atoms with E-state index in [4.69, 9.17) is 4.74 Å². The Kier molecular flexibility index (Phi) is 4.77. The highest BCUT2D eigenvalue weighted by Gasteiger charge is 2.12. The first-order chi connectivity index (χ1) is 10.5. The zero-order chi connectivity index (χ0) is 16.3. The van der Waals surface area contributed by atoms with Crippen molar-refractivity contribution >= 4 is 16.9 Å². The maximum Gasteiger partial charge on any atom is 0.316 e. The maximum absolute atomic E-state index is 12.2. The number of hydrogen-bond donors (Lipinski definition) is 2. The van der Waals surface area contributed by atoms with Crippen molar-refractivity contribution in [3.63, 3.8) is 0 Å². The predicted molar refractivity (Wildman–Crippen MR) is 83.3 cm³/mol. The summed E-state index contributed by atoms with van der Waals surface area (Å²) in [5.74, 6) is -0.262. The number of hydrogen-bond acceptors (Lipinski definition) is 4. The number of ether oxygens (including phenoxy) is 1. The Bertz CT molecular complexity index is 807. The molecule has 0 fully saturated rings. The quantitative estimate of drug-likeness (QED) is 0.786. The number of rotatable bonds is 5. The highest BCUT2D eigenvalue weighted by atomic mass is 16.5. The molecule has 0 saturated heterocycles. The molecule has 7 heteroatoms. The Morgan fingerprint density at radius 2 is 2.14 bits per heavy atom. The second-order valence-electron chi connectivity index (χ2n) is 5.07. The second-order valence-corrected chi connectivity index (χ2v) is 5.07. The van der Waals surface area contributed by atoms with Crippen LogP contribution < -0.4 is 16.4 Å². The van der Waals surface area contributed by atoms with E-state index in [0.717, 1.165) is 0 Å². The van der Waals surface area contributed by atoms with E-state index in [9.17, 15) is 14.4 Å². The van der Waals surface area contributed by atoms with E-state index < -0.39 is 11.1 Å². The van der Waals surface area contributed by atoms with Crippen molar-refractivity contribution in [3.8, 4) is 0 Å². The standard InChI is InChI=1S/C15H19N3O4/c1-4-18-12-6-5-10(13(19)16-9(2)8-22-3)7-11(12)17-14(20)15(18)21/h5-7,9H,4,8H2,1-3H3,(H,16,19)(H,17,20). The van der Waals surface area contributed by atoms with E-state index in [1.165, 1.54) is 4.57 Å². The van der Waals surface area contributed by atoms with Crippen molar-refractivity contribution in [2.24, 2.45) is 0 Å². The molecule has 0 saturated carbocycles. The number of aromatic amines is 1. The van der Waals surface area contributed by atoms with Crippen LogP contribution in [0.5, 0.6) is 0 Å². The lowest BCUT2D eigenvalue weighted by molar-refractivity contribution is 0.0905. The topological polar surface area (TPSA) is 93.2 Å². The van der Waals surface area contributed by atoms with Gasteiger partial charge in [0.2, 0.25) is 0 Å². The monoisotopic (exact) mass is 305 g/mol. The summed E-state index contributed by atoms with van der Waals surface area (Å²) in [6, 6.07) is 4.72. The highest BCUT2D eigenvalue weighted by Crippen LogP contribution is 2.11. The third-order valence-corrected chi connectivity index (χ3v) is 3.35. The molecule has 0 aliphatic heterocycles. The number of fused-ring (bicyclic) bond motifs is 1. The van der Waals surface area contributed by atoms with Gasteiger partial charge in [-0.1, -0.05) is 0 Å². The Labute approximate surface area is 126 Å². The van der Waals surface area contributed by atoms with E-state index in [1.807, 2.05) is 6.92 Å². The van der Waals surface area contributed by atoms with Crippen LogP contribution in [-0.4, -0.2) is 35.2 Å². The van der Waals surface area contributed by atoms with Crippen LogP contribution in [0.1, 0.15) is 24.2 Å². The smallest absolute Gasteiger partial charge is 0.316 e. The minimum Gasteiger partial charge on any atom is -0.383 e. The second kappa shape index (κ2) is 6.57. The molecule has 0 radical (unpaired) electrons. The van der Waals surface area contributed by atoms with Gasteiger partial charge in [0.1, 0.15) is 0 Å². The number of H-pyrrole nitrogens is 1. The third-order valence-electron chi connectivity index (χ3n) is 3.35. The molecule has 0 aliphatic rings. The maximum atomic E-state index is 12.2. The summed E-state index contributed by atoms with van der Waals surface area (Å²) < 4.78 is 6.35. The molecule has 22 heavy (non-hydrogen) atoms. The van der Waals surface area contributed by atoms with Crippen molar-refractivity contribution in [3.05, 3.63) is 44.5 Å². The summed E-state index contributed by atoms with van der Waals surface area (Å²) in [5, 5.41) is 2.79. The van der Waals surface area contributed by atoms with Gasteiger partial charge in [0.25, 0.3) is 5.91 Å². The van der Waals surface area contributed by atoms with E-state index in [-0.39, 0.29) is 11.9 Å². The highest BCUT2D eigenvalue weighted by molar-refractivity contribution is 5.97. The Morgan fingerprint density at radius 3 is 2.77 bits per heavy atom. The molecule has 1 aromatic heterocycles. The van der Waals surface area contributed by atoms with E-state index in [0.29, 0.717) is 29.7 Å². The van der Waals surface area contributed by atoms with Crippen LogP contribution in [0.2, 0.25) is 0 Å². The molecule has 2 rings (SSSR count). The summed E-state index contributed by atoms with van der Waals surface area (Å²) in [6.45, 7) is 4.41. The first-order valence-corrected chi connectivity index (χ1v) is 7.04. The third kappa shape index (κ3) is 3.09. The SMILES string of the molecule is CCn1c(=O)c(=O)[nH]c2cc(C(=O)NC(C)COC)ccc21. The fourth-order valence-electron chi connectivity index (χ4n) is 2.33. The molecule has 2 N–H and O–H groups in total. The van der Waals surface area contributed by atoms with Gasteiger partial charge in [-0.05, 0) is 32.0 Å². The van der Waals surface area contributed by atoms with Crippen molar-refractivity contribution in [1.29, 1.82) is 0 Å². The number of carbonyl (C=O) groups is 1. The van der Waals surface area contributed by atoms with Crippen LogP contribution in [0.25, 0.3) is 11.0 Å². The molecular weight excluding hydrogens is 286 g/mol. The van der Waals surface area contributed by atoms with Gasteiger partial charge in [-0.25, -0.2) is 0 Å². The molecule has 2 aromatic rings. The van der Waals surface area contributed by atoms with Gasteiger partial charge < -0.3 is 19.6 Å². The molecule has 0 aliphatic carbocycles. The number of aryl methyl sites for hydroxylation is 1. The molecule has 0 bridgehead atoms. The normalized spacial score (nSPS) is 12.3. The number of benzene rings is 1. The number of nitrogens with one attached hydrogen (secondary N) is 2. The number of methoxy groups -OCH3 is 1. The zero-order valence-corrected chi connectivity index (χ0v) is 12.8. The van der Waals surface area contributed by atoms with Gasteiger partial charge in [-0.2, -0.15) is 0 Å². The average Bonchev–Trinajstić information content (AvgIpc) is 2.48. The van der Waals surface area contributed by atoms with E-state index in [2.05, 4.69) is 10.3 Å². The molecule has 0 spiro atoms. The van der Waals surface area contributed by atoms with Crippen molar-refractivity contribution in [1.82, 2.24) is 14.9 Å². The summed E-state index contributed by atoms with van der Waals surface area (Å²) >= 11 is 0. The molecule has 1 unspecified atom stereocenters. The Morgan fingerprint density at radius 1 is 1.41 bits per heavy atom. The zero-order valence-electron chi connectivity index (χ0n) is 12.8. The van der Waals surface area contributed by atoms with Gasteiger partial charge in [0.15, 0.2) is 0 Å². The number of carbonyl (C=O) groups excluding carboxylic acids is 1. The van der Waals surface area contributed by atoms with Gasteiger partial charge in [0, 0.05) is 25.3 Å². The summed E-state index contributed by atoms with van der Waals surface area (Å²) in [5.41, 5.74) is 0.167. The van der Waals surface area contributed by atoms with Gasteiger partial charge >= 0.3 is 11.1 Å². The summed E-state index contributed by atoms with van der Waals surface area (Å²) in [7, 11) is 1.56. The molecule has 118 valence electrons. The van der Waals surface area contributed by atoms with Crippen LogP contribution in [0, 0.1) is 0 Å². The number of amides is 1. The fourth-order valence-corrected chi connectivity index (χ4v) is 2.33. The lowest BCUT2D eigenvalue weighted by Gasteiger charge is -2.13. The lowest BCUT2D eigenvalue weighted by atomic mass is 10.1. The van der Waals surface area contributed by atoms with Crippen molar-refractivity contribution < 1.29 is 9.53 Å². The van der Waals surface area contributed by atoms with Crippen LogP contribution in [0.15, 0.2) is 27.8 Å². The average molecular weight is 305 g/mol. The predicted octanol–water partition coefficient (Wildman–Crippen LogP) is 0.474. The first kappa shape index (κ1) is 16.0. The molecule has 1 aromatic carbocycles. The summed E-state index contributed by atoms with van der Waals surface area (Å²) in [6.07, 6.45) is 0. The molecular formula is C15H19N3O4. The van der Waals surface area contributed by atoms with Gasteiger partial charge in [-0.3, -0.25) is 14.4 Å². The Hall–Kier alpha value is -2.41. The molecule has 1 amide bonds.